The molecule has 1 aromatic carbocycles. The van der Waals surface area contributed by atoms with Crippen LogP contribution in [0, 0.1) is 5.82 Å². The van der Waals surface area contributed by atoms with E-state index in [1.807, 2.05) is 0 Å². The van der Waals surface area contributed by atoms with E-state index in [4.69, 9.17) is 0 Å². The first-order valence-corrected chi connectivity index (χ1v) is 8.21. The third kappa shape index (κ3) is 3.87. The molecular formula is C16H20FN3S. The molecule has 5 heteroatoms. The zero-order valence-electron chi connectivity index (χ0n) is 12.2. The highest BCUT2D eigenvalue weighted by Crippen LogP contribution is 2.24. The molecule has 1 aromatic heterocycles. The molecular weight excluding hydrogens is 285 g/mol. The van der Waals surface area contributed by atoms with Gasteiger partial charge in [-0.2, -0.15) is 0 Å². The van der Waals surface area contributed by atoms with E-state index in [0.29, 0.717) is 6.04 Å². The van der Waals surface area contributed by atoms with Gasteiger partial charge in [0.1, 0.15) is 10.8 Å². The smallest absolute Gasteiger partial charge is 0.123 e. The molecule has 0 radical (unpaired) electrons. The zero-order chi connectivity index (χ0) is 14.7. The lowest BCUT2D eigenvalue weighted by atomic mass is 10.1. The van der Waals surface area contributed by atoms with Crippen LogP contribution in [0.1, 0.15) is 18.5 Å². The maximum Gasteiger partial charge on any atom is 0.123 e. The van der Waals surface area contributed by atoms with Gasteiger partial charge in [0.05, 0.1) is 5.69 Å². The summed E-state index contributed by atoms with van der Waals surface area (Å²) in [6, 6.07) is 7.07. The molecule has 1 N–H and O–H groups in total. The predicted molar refractivity (Wildman–Crippen MR) is 84.9 cm³/mol. The quantitative estimate of drug-likeness (QED) is 0.940. The number of likely N-dealkylation sites (N-methyl/N-ethyl adjacent to an activating group) is 1. The van der Waals surface area contributed by atoms with Crippen LogP contribution in [0.15, 0.2) is 29.6 Å². The molecule has 1 fully saturated rings. The van der Waals surface area contributed by atoms with Gasteiger partial charge in [0.15, 0.2) is 0 Å². The van der Waals surface area contributed by atoms with Gasteiger partial charge < -0.3 is 10.2 Å². The molecule has 112 valence electrons. The van der Waals surface area contributed by atoms with Crippen molar-refractivity contribution in [3.8, 4) is 10.6 Å². The Morgan fingerprint density at radius 1 is 1.38 bits per heavy atom. The van der Waals surface area contributed by atoms with E-state index in [2.05, 4.69) is 27.6 Å². The van der Waals surface area contributed by atoms with Crippen LogP contribution in [0.3, 0.4) is 0 Å². The Balaban J connectivity index is 1.59. The van der Waals surface area contributed by atoms with Crippen molar-refractivity contribution in [3.63, 3.8) is 0 Å². The number of halogens is 1. The fraction of sp³-hybridized carbons (Fsp3) is 0.438. The number of thiazole rings is 1. The van der Waals surface area contributed by atoms with Crippen LogP contribution in [0.4, 0.5) is 4.39 Å². The number of nitrogens with zero attached hydrogens (tertiary/aromatic N) is 2. The van der Waals surface area contributed by atoms with Crippen LogP contribution in [-0.4, -0.2) is 36.1 Å². The molecule has 2 heterocycles. The standard InChI is InChI=1S/C16H20FN3S/c1-20-8-2-3-14(10-20)18-9-15-11-21-16(19-15)12-4-6-13(17)7-5-12/h4-7,11,14,18H,2-3,8-10H2,1H3. The van der Waals surface area contributed by atoms with Gasteiger partial charge >= 0.3 is 0 Å². The van der Waals surface area contributed by atoms with E-state index in [-0.39, 0.29) is 5.82 Å². The third-order valence-electron chi connectivity index (χ3n) is 3.84. The van der Waals surface area contributed by atoms with Crippen molar-refractivity contribution < 1.29 is 4.39 Å². The summed E-state index contributed by atoms with van der Waals surface area (Å²) in [7, 11) is 2.17. The number of hydrogen-bond donors (Lipinski definition) is 1. The Bertz CT molecular complexity index is 581. The molecule has 0 saturated carbocycles. The largest absolute Gasteiger partial charge is 0.307 e. The van der Waals surface area contributed by atoms with E-state index >= 15 is 0 Å². The zero-order valence-corrected chi connectivity index (χ0v) is 13.0. The first-order chi connectivity index (χ1) is 10.2. The van der Waals surface area contributed by atoms with Gasteiger partial charge in [0.25, 0.3) is 0 Å². The van der Waals surface area contributed by atoms with Crippen LogP contribution >= 0.6 is 11.3 Å². The number of hydrogen-bond acceptors (Lipinski definition) is 4. The minimum Gasteiger partial charge on any atom is -0.307 e. The molecule has 0 aliphatic carbocycles. The minimum atomic E-state index is -0.210. The first kappa shape index (κ1) is 14.6. The lowest BCUT2D eigenvalue weighted by molar-refractivity contribution is 0.226. The molecule has 21 heavy (non-hydrogen) atoms. The van der Waals surface area contributed by atoms with Crippen molar-refractivity contribution in [2.45, 2.75) is 25.4 Å². The topological polar surface area (TPSA) is 28.2 Å². The van der Waals surface area contributed by atoms with E-state index in [1.54, 1.807) is 23.5 Å². The lowest BCUT2D eigenvalue weighted by Crippen LogP contribution is -2.43. The fourth-order valence-corrected chi connectivity index (χ4v) is 3.52. The van der Waals surface area contributed by atoms with Gasteiger partial charge in [0, 0.05) is 30.1 Å². The van der Waals surface area contributed by atoms with Gasteiger partial charge in [0.2, 0.25) is 0 Å². The maximum absolute atomic E-state index is 12.9. The van der Waals surface area contributed by atoms with Gasteiger partial charge in [-0.1, -0.05) is 0 Å². The van der Waals surface area contributed by atoms with Gasteiger partial charge in [-0.25, -0.2) is 9.37 Å². The number of benzene rings is 1. The summed E-state index contributed by atoms with van der Waals surface area (Å²) < 4.78 is 12.9. The van der Waals surface area contributed by atoms with Crippen molar-refractivity contribution >= 4 is 11.3 Å². The summed E-state index contributed by atoms with van der Waals surface area (Å²) in [5.74, 6) is -0.210. The number of nitrogens with one attached hydrogen (secondary N) is 1. The van der Waals surface area contributed by atoms with Crippen LogP contribution in [-0.2, 0) is 6.54 Å². The average Bonchev–Trinajstić information content (AvgIpc) is 2.95. The normalized spacial score (nSPS) is 19.8. The predicted octanol–water partition coefficient (Wildman–Crippen LogP) is 3.13. The van der Waals surface area contributed by atoms with Crippen molar-refractivity contribution in [1.29, 1.82) is 0 Å². The van der Waals surface area contributed by atoms with Crippen LogP contribution < -0.4 is 5.32 Å². The second-order valence-corrected chi connectivity index (χ2v) is 6.49. The monoisotopic (exact) mass is 305 g/mol. The van der Waals surface area contributed by atoms with Gasteiger partial charge in [-0.05, 0) is 50.7 Å². The van der Waals surface area contributed by atoms with Crippen LogP contribution in [0.25, 0.3) is 10.6 Å². The summed E-state index contributed by atoms with van der Waals surface area (Å²) in [6.45, 7) is 3.11. The molecule has 3 rings (SSSR count). The Morgan fingerprint density at radius 3 is 2.95 bits per heavy atom. The second kappa shape index (κ2) is 6.64. The second-order valence-electron chi connectivity index (χ2n) is 5.63. The Morgan fingerprint density at radius 2 is 2.19 bits per heavy atom. The molecule has 0 bridgehead atoms. The molecule has 1 unspecified atom stereocenters. The number of likely N-dealkylation sites (tertiary alicyclic amines) is 1. The maximum atomic E-state index is 12.9. The number of piperidine rings is 1. The first-order valence-electron chi connectivity index (χ1n) is 7.33. The summed E-state index contributed by atoms with van der Waals surface area (Å²) in [4.78, 5) is 7.00. The number of rotatable bonds is 4. The average molecular weight is 305 g/mol. The molecule has 0 amide bonds. The van der Waals surface area contributed by atoms with Crippen molar-refractivity contribution in [2.75, 3.05) is 20.1 Å². The Hall–Kier alpha value is -1.30. The van der Waals surface area contributed by atoms with Gasteiger partial charge in [-0.15, -0.1) is 11.3 Å². The summed E-state index contributed by atoms with van der Waals surface area (Å²) in [5.41, 5.74) is 2.04. The molecule has 0 spiro atoms. The molecule has 3 nitrogen and oxygen atoms in total. The van der Waals surface area contributed by atoms with Crippen LogP contribution in [0.2, 0.25) is 0 Å². The SMILES string of the molecule is CN1CCCC(NCc2csc(-c3ccc(F)cc3)n2)C1. The Labute approximate surface area is 128 Å². The highest BCUT2D eigenvalue weighted by molar-refractivity contribution is 7.13. The summed E-state index contributed by atoms with van der Waals surface area (Å²) in [5, 5.41) is 6.62. The lowest BCUT2D eigenvalue weighted by Gasteiger charge is -2.30. The highest BCUT2D eigenvalue weighted by Gasteiger charge is 2.16. The van der Waals surface area contributed by atoms with Crippen molar-refractivity contribution in [1.82, 2.24) is 15.2 Å². The molecule has 1 saturated heterocycles. The van der Waals surface area contributed by atoms with Crippen molar-refractivity contribution in [3.05, 3.63) is 41.2 Å². The summed E-state index contributed by atoms with van der Waals surface area (Å²) in [6.07, 6.45) is 2.49. The molecule has 2 aromatic rings. The number of aromatic nitrogens is 1. The minimum absolute atomic E-state index is 0.210. The molecule has 1 atom stereocenters. The van der Waals surface area contributed by atoms with E-state index in [0.717, 1.165) is 29.4 Å². The van der Waals surface area contributed by atoms with E-state index in [9.17, 15) is 4.39 Å². The molecule has 1 aliphatic rings. The fourth-order valence-electron chi connectivity index (χ4n) is 2.70. The summed E-state index contributed by atoms with van der Waals surface area (Å²) >= 11 is 1.61. The Kier molecular flexibility index (Phi) is 4.63. The van der Waals surface area contributed by atoms with E-state index < -0.39 is 0 Å². The van der Waals surface area contributed by atoms with Crippen molar-refractivity contribution in [2.24, 2.45) is 0 Å². The molecule has 1 aliphatic heterocycles. The highest BCUT2D eigenvalue weighted by atomic mass is 32.1. The van der Waals surface area contributed by atoms with Gasteiger partial charge in [-0.3, -0.25) is 0 Å². The van der Waals surface area contributed by atoms with E-state index in [1.165, 1.54) is 31.5 Å². The van der Waals surface area contributed by atoms with Crippen LogP contribution in [0.5, 0.6) is 0 Å². The third-order valence-corrected chi connectivity index (χ3v) is 4.78.